The van der Waals surface area contributed by atoms with Crippen LogP contribution in [-0.2, 0) is 9.53 Å². The Bertz CT molecular complexity index is 138. The highest BCUT2D eigenvalue weighted by Crippen LogP contribution is 2.07. The molecule has 1 aliphatic heterocycles. The second-order valence-electron chi connectivity index (χ2n) is 2.45. The minimum Gasteiger partial charge on any atom is -0.469 e. The molecule has 4 heteroatoms. The van der Waals surface area contributed by atoms with Gasteiger partial charge in [-0.25, -0.2) is 0 Å². The Morgan fingerprint density at radius 2 is 2.40 bits per heavy atom. The first-order valence-corrected chi connectivity index (χ1v) is 3.30. The molecule has 2 atom stereocenters. The maximum Gasteiger partial charge on any atom is 0.311 e. The van der Waals surface area contributed by atoms with E-state index in [1.54, 1.807) is 0 Å². The first-order chi connectivity index (χ1) is 4.75. The van der Waals surface area contributed by atoms with Gasteiger partial charge in [-0.3, -0.25) is 4.79 Å². The van der Waals surface area contributed by atoms with Crippen LogP contribution < -0.4 is 11.1 Å². The number of carbonyl (C=O) groups is 1. The highest BCUT2D eigenvalue weighted by Gasteiger charge is 2.30. The minimum absolute atomic E-state index is 0.0764. The molecular weight excluding hydrogens is 132 g/mol. The fourth-order valence-electron chi connectivity index (χ4n) is 1.11. The number of ether oxygens (including phenoxy) is 1. The van der Waals surface area contributed by atoms with Gasteiger partial charge in [0.2, 0.25) is 0 Å². The highest BCUT2D eigenvalue weighted by atomic mass is 16.5. The summed E-state index contributed by atoms with van der Waals surface area (Å²) < 4.78 is 4.55. The van der Waals surface area contributed by atoms with Gasteiger partial charge in [0.25, 0.3) is 0 Å². The Labute approximate surface area is 59.7 Å². The molecule has 0 amide bonds. The van der Waals surface area contributed by atoms with Gasteiger partial charge in [0.15, 0.2) is 0 Å². The minimum atomic E-state index is -0.211. The maximum atomic E-state index is 10.9. The molecule has 0 radical (unpaired) electrons. The van der Waals surface area contributed by atoms with Crippen molar-refractivity contribution in [1.82, 2.24) is 5.32 Å². The molecule has 0 unspecified atom stereocenters. The van der Waals surface area contributed by atoms with E-state index in [2.05, 4.69) is 10.1 Å². The number of carbonyl (C=O) groups excluding carboxylic acids is 1. The van der Waals surface area contributed by atoms with Crippen molar-refractivity contribution < 1.29 is 9.53 Å². The Morgan fingerprint density at radius 3 is 2.80 bits per heavy atom. The number of hydrogen-bond donors (Lipinski definition) is 2. The topological polar surface area (TPSA) is 64.3 Å². The molecule has 0 bridgehead atoms. The van der Waals surface area contributed by atoms with Crippen LogP contribution in [0.3, 0.4) is 0 Å². The number of esters is 1. The summed E-state index contributed by atoms with van der Waals surface area (Å²) in [6.07, 6.45) is 0. The van der Waals surface area contributed by atoms with Gasteiger partial charge in [-0.15, -0.1) is 0 Å². The van der Waals surface area contributed by atoms with Gasteiger partial charge in [0.1, 0.15) is 0 Å². The van der Waals surface area contributed by atoms with E-state index in [0.717, 1.165) is 0 Å². The van der Waals surface area contributed by atoms with Crippen LogP contribution in [0, 0.1) is 5.92 Å². The van der Waals surface area contributed by atoms with Gasteiger partial charge in [0.05, 0.1) is 13.0 Å². The molecule has 10 heavy (non-hydrogen) atoms. The largest absolute Gasteiger partial charge is 0.469 e. The Hall–Kier alpha value is -0.610. The lowest BCUT2D eigenvalue weighted by atomic mass is 10.1. The summed E-state index contributed by atoms with van der Waals surface area (Å²) in [5.41, 5.74) is 5.59. The van der Waals surface area contributed by atoms with Crippen LogP contribution in [0.25, 0.3) is 0 Å². The zero-order valence-corrected chi connectivity index (χ0v) is 5.96. The fraction of sp³-hybridized carbons (Fsp3) is 0.833. The van der Waals surface area contributed by atoms with Crippen molar-refractivity contribution >= 4 is 5.97 Å². The Kier molecular flexibility index (Phi) is 2.24. The third kappa shape index (κ3) is 1.27. The molecule has 1 rings (SSSR count). The van der Waals surface area contributed by atoms with Gasteiger partial charge in [0, 0.05) is 19.1 Å². The molecule has 1 saturated heterocycles. The molecule has 58 valence electrons. The summed E-state index contributed by atoms with van der Waals surface area (Å²) in [6, 6.07) is -0.0764. The molecular formula is C6H12N2O2. The van der Waals surface area contributed by atoms with Crippen molar-refractivity contribution in [2.45, 2.75) is 6.04 Å². The smallest absolute Gasteiger partial charge is 0.311 e. The maximum absolute atomic E-state index is 10.9. The van der Waals surface area contributed by atoms with Crippen LogP contribution in [0.1, 0.15) is 0 Å². The van der Waals surface area contributed by atoms with Crippen LogP contribution in [0.5, 0.6) is 0 Å². The van der Waals surface area contributed by atoms with Gasteiger partial charge in [-0.2, -0.15) is 0 Å². The average Bonchev–Trinajstić information content (AvgIpc) is 2.34. The van der Waals surface area contributed by atoms with E-state index < -0.39 is 0 Å². The first kappa shape index (κ1) is 7.50. The lowest BCUT2D eigenvalue weighted by Gasteiger charge is -2.09. The zero-order chi connectivity index (χ0) is 7.56. The lowest BCUT2D eigenvalue weighted by molar-refractivity contribution is -0.145. The van der Waals surface area contributed by atoms with Crippen LogP contribution in [-0.4, -0.2) is 32.2 Å². The molecule has 3 N–H and O–H groups in total. The molecule has 0 spiro atoms. The van der Waals surface area contributed by atoms with E-state index in [-0.39, 0.29) is 17.9 Å². The van der Waals surface area contributed by atoms with Gasteiger partial charge >= 0.3 is 5.97 Å². The molecule has 0 aliphatic carbocycles. The second kappa shape index (κ2) is 2.98. The average molecular weight is 144 g/mol. The van der Waals surface area contributed by atoms with Crippen molar-refractivity contribution in [3.05, 3.63) is 0 Å². The van der Waals surface area contributed by atoms with Gasteiger partial charge in [-0.1, -0.05) is 0 Å². The van der Waals surface area contributed by atoms with Crippen molar-refractivity contribution in [3.63, 3.8) is 0 Å². The van der Waals surface area contributed by atoms with E-state index in [9.17, 15) is 4.79 Å². The van der Waals surface area contributed by atoms with Crippen LogP contribution in [0.4, 0.5) is 0 Å². The van der Waals surface area contributed by atoms with E-state index in [1.165, 1.54) is 7.11 Å². The third-order valence-electron chi connectivity index (χ3n) is 1.77. The first-order valence-electron chi connectivity index (χ1n) is 3.30. The van der Waals surface area contributed by atoms with E-state index in [4.69, 9.17) is 5.73 Å². The fourth-order valence-corrected chi connectivity index (χ4v) is 1.11. The Morgan fingerprint density at radius 1 is 1.70 bits per heavy atom. The van der Waals surface area contributed by atoms with Gasteiger partial charge in [-0.05, 0) is 0 Å². The van der Waals surface area contributed by atoms with Crippen LogP contribution in [0.15, 0.2) is 0 Å². The summed E-state index contributed by atoms with van der Waals surface area (Å²) in [4.78, 5) is 10.9. The van der Waals surface area contributed by atoms with E-state index >= 15 is 0 Å². The number of rotatable bonds is 1. The molecule has 1 aliphatic rings. The number of hydrogen-bond acceptors (Lipinski definition) is 4. The molecule has 4 nitrogen and oxygen atoms in total. The van der Waals surface area contributed by atoms with Crippen molar-refractivity contribution in [3.8, 4) is 0 Å². The predicted molar refractivity (Wildman–Crippen MR) is 36.4 cm³/mol. The van der Waals surface area contributed by atoms with Crippen molar-refractivity contribution in [2.75, 3.05) is 20.2 Å². The Balaban J connectivity index is 2.46. The van der Waals surface area contributed by atoms with Crippen LogP contribution >= 0.6 is 0 Å². The van der Waals surface area contributed by atoms with E-state index in [1.807, 2.05) is 0 Å². The monoisotopic (exact) mass is 144 g/mol. The summed E-state index contributed by atoms with van der Waals surface area (Å²) >= 11 is 0. The van der Waals surface area contributed by atoms with Crippen LogP contribution in [0.2, 0.25) is 0 Å². The summed E-state index contributed by atoms with van der Waals surface area (Å²) in [5.74, 6) is -0.359. The molecule has 1 heterocycles. The highest BCUT2D eigenvalue weighted by molar-refractivity contribution is 5.73. The molecule has 0 saturated carbocycles. The molecule has 0 aromatic rings. The van der Waals surface area contributed by atoms with Gasteiger partial charge < -0.3 is 15.8 Å². The normalized spacial score (nSPS) is 32.2. The lowest BCUT2D eigenvalue weighted by Crippen LogP contribution is -2.34. The molecule has 0 aromatic carbocycles. The summed E-state index contributed by atoms with van der Waals surface area (Å²) in [5, 5.41) is 3.01. The quantitative estimate of drug-likeness (QED) is 0.449. The standard InChI is InChI=1S/C6H12N2O2/c1-10-6(9)4-2-8-3-5(4)7/h4-5,8H,2-3,7H2,1H3/t4-,5-/m1/s1. The molecule has 1 fully saturated rings. The number of nitrogens with one attached hydrogen (secondary N) is 1. The van der Waals surface area contributed by atoms with Crippen molar-refractivity contribution in [1.29, 1.82) is 0 Å². The zero-order valence-electron chi connectivity index (χ0n) is 5.96. The third-order valence-corrected chi connectivity index (χ3v) is 1.77. The summed E-state index contributed by atoms with van der Waals surface area (Å²) in [7, 11) is 1.38. The summed E-state index contributed by atoms with van der Waals surface area (Å²) in [6.45, 7) is 1.35. The SMILES string of the molecule is COC(=O)[C@@H]1CNC[C@H]1N. The second-order valence-corrected chi connectivity index (χ2v) is 2.45. The predicted octanol–water partition coefficient (Wildman–Crippen LogP) is -1.29. The molecule has 0 aromatic heterocycles. The van der Waals surface area contributed by atoms with Crippen molar-refractivity contribution in [2.24, 2.45) is 11.7 Å². The van der Waals surface area contributed by atoms with E-state index in [0.29, 0.717) is 13.1 Å². The number of nitrogens with two attached hydrogens (primary N) is 1. The number of methoxy groups -OCH3 is 1.